The van der Waals surface area contributed by atoms with Crippen LogP contribution in [-0.4, -0.2) is 58.5 Å². The van der Waals surface area contributed by atoms with Gasteiger partial charge in [0.1, 0.15) is 0 Å². The number of nitrogens with zero attached hydrogens (tertiary/aromatic N) is 2. The first-order valence-electron chi connectivity index (χ1n) is 11.0. The molecule has 180 valence electrons. The average Bonchev–Trinajstić information content (AvgIpc) is 3.09. The Kier molecular flexibility index (Phi) is 7.94. The summed E-state index contributed by atoms with van der Waals surface area (Å²) >= 11 is 0. The zero-order valence-electron chi connectivity index (χ0n) is 19.2. The van der Waals surface area contributed by atoms with Gasteiger partial charge in [-0.2, -0.15) is 4.31 Å². The zero-order valence-corrected chi connectivity index (χ0v) is 20.8. The fourth-order valence-corrected chi connectivity index (χ4v) is 6.13. The van der Waals surface area contributed by atoms with Crippen LogP contribution >= 0.6 is 0 Å². The third kappa shape index (κ3) is 5.81. The highest BCUT2D eigenvalue weighted by molar-refractivity contribution is 7.89. The van der Waals surface area contributed by atoms with Crippen LogP contribution in [-0.2, 0) is 20.0 Å². The van der Waals surface area contributed by atoms with Crippen LogP contribution < -0.4 is 5.32 Å². The van der Waals surface area contributed by atoms with Gasteiger partial charge in [0.2, 0.25) is 20.0 Å². The predicted molar refractivity (Wildman–Crippen MR) is 127 cm³/mol. The van der Waals surface area contributed by atoms with E-state index < -0.39 is 20.0 Å². The average molecular weight is 494 g/mol. The molecule has 10 heteroatoms. The normalized spacial score (nSPS) is 16.8. The highest BCUT2D eigenvalue weighted by atomic mass is 32.2. The highest BCUT2D eigenvalue weighted by Crippen LogP contribution is 2.22. The van der Waals surface area contributed by atoms with Crippen LogP contribution in [0.15, 0.2) is 58.3 Å². The number of nitrogens with one attached hydrogen (secondary N) is 1. The highest BCUT2D eigenvalue weighted by Gasteiger charge is 2.25. The van der Waals surface area contributed by atoms with E-state index in [0.29, 0.717) is 18.7 Å². The number of sulfonamides is 2. The molecule has 1 amide bonds. The van der Waals surface area contributed by atoms with Crippen molar-refractivity contribution in [3.05, 3.63) is 59.7 Å². The molecule has 2 aromatic carbocycles. The molecule has 1 unspecified atom stereocenters. The van der Waals surface area contributed by atoms with Crippen LogP contribution in [0.2, 0.25) is 0 Å². The lowest BCUT2D eigenvalue weighted by molar-refractivity contribution is 0.0939. The first-order chi connectivity index (χ1) is 15.5. The third-order valence-corrected chi connectivity index (χ3v) is 9.57. The van der Waals surface area contributed by atoms with Gasteiger partial charge in [-0.05, 0) is 61.7 Å². The first kappa shape index (κ1) is 25.4. The van der Waals surface area contributed by atoms with Crippen LogP contribution in [0.25, 0.3) is 0 Å². The lowest BCUT2D eigenvalue weighted by Gasteiger charge is -2.20. The van der Waals surface area contributed by atoms with Gasteiger partial charge in [-0.1, -0.05) is 25.0 Å². The fraction of sp³-hybridized carbons (Fsp3) is 0.435. The van der Waals surface area contributed by atoms with Gasteiger partial charge in [-0.25, -0.2) is 21.1 Å². The standard InChI is InChI=1S/C23H31N3O5S2/c1-18(19-8-12-21(13-9-19)32(28,29)25(2)3)24-23(27)20-10-14-22(15-11-20)33(30,31)26-16-6-4-5-7-17-26/h8-15,18H,4-7,16-17H2,1-3H3,(H,24,27). The van der Waals surface area contributed by atoms with Gasteiger partial charge in [0, 0.05) is 32.7 Å². The Morgan fingerprint density at radius 1 is 0.848 bits per heavy atom. The summed E-state index contributed by atoms with van der Waals surface area (Å²) in [7, 11) is -4.15. The van der Waals surface area contributed by atoms with Crippen LogP contribution in [0.5, 0.6) is 0 Å². The molecule has 0 aromatic heterocycles. The minimum Gasteiger partial charge on any atom is -0.346 e. The molecule has 1 aliphatic rings. The fourth-order valence-electron chi connectivity index (χ4n) is 3.71. The van der Waals surface area contributed by atoms with E-state index >= 15 is 0 Å². The smallest absolute Gasteiger partial charge is 0.251 e. The van der Waals surface area contributed by atoms with Crippen molar-refractivity contribution in [3.8, 4) is 0 Å². The largest absolute Gasteiger partial charge is 0.346 e. The van der Waals surface area contributed by atoms with Gasteiger partial charge in [-0.3, -0.25) is 4.79 Å². The van der Waals surface area contributed by atoms with Crippen molar-refractivity contribution in [1.29, 1.82) is 0 Å². The first-order valence-corrected chi connectivity index (χ1v) is 13.8. The molecular formula is C23H31N3O5S2. The molecule has 1 N–H and O–H groups in total. The number of amides is 1. The molecule has 0 radical (unpaired) electrons. The van der Waals surface area contributed by atoms with Gasteiger partial charge < -0.3 is 5.32 Å². The number of benzene rings is 2. The van der Waals surface area contributed by atoms with Crippen molar-refractivity contribution >= 4 is 26.0 Å². The van der Waals surface area contributed by atoms with Gasteiger partial charge in [-0.15, -0.1) is 0 Å². The maximum atomic E-state index is 12.9. The molecule has 1 heterocycles. The molecule has 1 aliphatic heterocycles. The Morgan fingerprint density at radius 2 is 1.36 bits per heavy atom. The summed E-state index contributed by atoms with van der Waals surface area (Å²) in [6, 6.07) is 12.0. The van der Waals surface area contributed by atoms with E-state index in [1.807, 2.05) is 0 Å². The van der Waals surface area contributed by atoms with Crippen molar-refractivity contribution in [2.24, 2.45) is 0 Å². The molecule has 0 aliphatic carbocycles. The lowest BCUT2D eigenvalue weighted by atomic mass is 10.1. The second kappa shape index (κ2) is 10.3. The molecule has 1 atom stereocenters. The maximum Gasteiger partial charge on any atom is 0.251 e. The van der Waals surface area contributed by atoms with E-state index in [2.05, 4.69) is 5.32 Å². The summed E-state index contributed by atoms with van der Waals surface area (Å²) in [6.07, 6.45) is 3.80. The van der Waals surface area contributed by atoms with Crippen LogP contribution in [0, 0.1) is 0 Å². The Balaban J connectivity index is 1.68. The Morgan fingerprint density at radius 3 is 1.88 bits per heavy atom. The van der Waals surface area contributed by atoms with Crippen molar-refractivity contribution in [2.45, 2.75) is 48.4 Å². The van der Waals surface area contributed by atoms with Gasteiger partial charge >= 0.3 is 0 Å². The molecule has 2 aromatic rings. The predicted octanol–water partition coefficient (Wildman–Crippen LogP) is 2.99. The van der Waals surface area contributed by atoms with E-state index in [0.717, 1.165) is 35.6 Å². The summed E-state index contributed by atoms with van der Waals surface area (Å²) in [4.78, 5) is 13.0. The SMILES string of the molecule is CC(NC(=O)c1ccc(S(=O)(=O)N2CCCCCC2)cc1)c1ccc(S(=O)(=O)N(C)C)cc1. The summed E-state index contributed by atoms with van der Waals surface area (Å²) in [5.74, 6) is -0.341. The van der Waals surface area contributed by atoms with E-state index in [1.54, 1.807) is 19.1 Å². The van der Waals surface area contributed by atoms with Gasteiger partial charge in [0.25, 0.3) is 5.91 Å². The van der Waals surface area contributed by atoms with Crippen LogP contribution in [0.3, 0.4) is 0 Å². The number of hydrogen-bond donors (Lipinski definition) is 1. The van der Waals surface area contributed by atoms with E-state index in [1.165, 1.54) is 54.8 Å². The third-order valence-electron chi connectivity index (χ3n) is 5.83. The molecule has 1 saturated heterocycles. The van der Waals surface area contributed by atoms with Crippen molar-refractivity contribution in [1.82, 2.24) is 13.9 Å². The van der Waals surface area contributed by atoms with Gasteiger partial charge in [0.15, 0.2) is 0 Å². The number of rotatable bonds is 7. The van der Waals surface area contributed by atoms with Crippen molar-refractivity contribution in [2.75, 3.05) is 27.2 Å². The summed E-state index contributed by atoms with van der Waals surface area (Å²) in [5, 5.41) is 2.86. The zero-order chi connectivity index (χ0) is 24.2. The Bertz CT molecular complexity index is 1170. The number of carbonyl (C=O) groups is 1. The van der Waals surface area contributed by atoms with Crippen LogP contribution in [0.1, 0.15) is 54.6 Å². The molecular weight excluding hydrogens is 462 g/mol. The number of carbonyl (C=O) groups excluding carboxylic acids is 1. The topological polar surface area (TPSA) is 104 Å². The summed E-state index contributed by atoms with van der Waals surface area (Å²) in [6.45, 7) is 2.85. The van der Waals surface area contributed by atoms with Crippen LogP contribution in [0.4, 0.5) is 0 Å². The monoisotopic (exact) mass is 493 g/mol. The molecule has 0 spiro atoms. The van der Waals surface area contributed by atoms with E-state index in [9.17, 15) is 21.6 Å². The van der Waals surface area contributed by atoms with E-state index in [-0.39, 0.29) is 21.7 Å². The quantitative estimate of drug-likeness (QED) is 0.639. The van der Waals surface area contributed by atoms with Crippen molar-refractivity contribution in [3.63, 3.8) is 0 Å². The second-order valence-corrected chi connectivity index (χ2v) is 12.5. The van der Waals surface area contributed by atoms with E-state index in [4.69, 9.17) is 0 Å². The molecule has 1 fully saturated rings. The second-order valence-electron chi connectivity index (χ2n) is 8.39. The van der Waals surface area contributed by atoms with Gasteiger partial charge in [0.05, 0.1) is 15.8 Å². The summed E-state index contributed by atoms with van der Waals surface area (Å²) < 4.78 is 52.9. The summed E-state index contributed by atoms with van der Waals surface area (Å²) in [5.41, 5.74) is 1.10. The molecule has 33 heavy (non-hydrogen) atoms. The molecule has 0 saturated carbocycles. The minimum absolute atomic E-state index is 0.177. The maximum absolute atomic E-state index is 12.9. The Hall–Kier alpha value is -2.27. The lowest BCUT2D eigenvalue weighted by Crippen LogP contribution is -2.32. The molecule has 8 nitrogen and oxygen atoms in total. The minimum atomic E-state index is -3.57. The molecule has 3 rings (SSSR count). The Labute approximate surface area is 196 Å². The number of hydrogen-bond acceptors (Lipinski definition) is 5. The van der Waals surface area contributed by atoms with Crippen molar-refractivity contribution < 1.29 is 21.6 Å². The molecule has 0 bridgehead atoms.